The zero-order valence-corrected chi connectivity index (χ0v) is 19.6. The lowest BCUT2D eigenvalue weighted by molar-refractivity contribution is -0.128. The van der Waals surface area contributed by atoms with Gasteiger partial charge in [0.05, 0.1) is 17.1 Å². The van der Waals surface area contributed by atoms with Crippen LogP contribution in [0.15, 0.2) is 78.9 Å². The first kappa shape index (κ1) is 23.9. The number of halogens is 1. The molecular formula is C27H27FN4O3. The highest BCUT2D eigenvalue weighted by molar-refractivity contribution is 6.24. The molecule has 8 heteroatoms. The Hall–Kier alpha value is -4.20. The second-order valence-electron chi connectivity index (χ2n) is 8.68. The molecule has 0 spiro atoms. The van der Waals surface area contributed by atoms with Gasteiger partial charge in [0.15, 0.2) is 6.04 Å². The van der Waals surface area contributed by atoms with Crippen molar-refractivity contribution >= 4 is 40.6 Å². The molecule has 1 unspecified atom stereocenters. The third-order valence-electron chi connectivity index (χ3n) is 5.72. The Bertz CT molecular complexity index is 1230. The first-order valence-electron chi connectivity index (χ1n) is 11.5. The molecule has 180 valence electrons. The molecule has 0 bridgehead atoms. The fourth-order valence-electron chi connectivity index (χ4n) is 3.95. The fourth-order valence-corrected chi connectivity index (χ4v) is 3.95. The van der Waals surface area contributed by atoms with Crippen molar-refractivity contribution in [3.63, 3.8) is 0 Å². The SMILES string of the molecule is CC(C)CCN1C(=O)C(NC(=O)Nc2ccccc2)C(=O)N(c2ccccc2F)c2ccccc21. The second-order valence-corrected chi connectivity index (χ2v) is 8.68. The molecule has 0 radical (unpaired) electrons. The maximum atomic E-state index is 14.9. The second kappa shape index (κ2) is 10.4. The Kier molecular flexibility index (Phi) is 7.10. The van der Waals surface area contributed by atoms with Crippen molar-refractivity contribution in [3.8, 4) is 0 Å². The predicted octanol–water partition coefficient (Wildman–Crippen LogP) is 5.07. The van der Waals surface area contributed by atoms with E-state index in [1.165, 1.54) is 28.0 Å². The molecule has 3 aromatic carbocycles. The van der Waals surface area contributed by atoms with Crippen molar-refractivity contribution in [2.24, 2.45) is 5.92 Å². The van der Waals surface area contributed by atoms with Crippen molar-refractivity contribution in [1.29, 1.82) is 0 Å². The number of nitrogens with zero attached hydrogens (tertiary/aromatic N) is 2. The summed E-state index contributed by atoms with van der Waals surface area (Å²) in [6.07, 6.45) is 0.677. The minimum atomic E-state index is -1.56. The Morgan fingerprint density at radius 1 is 0.857 bits per heavy atom. The van der Waals surface area contributed by atoms with Gasteiger partial charge in [-0.3, -0.25) is 14.5 Å². The van der Waals surface area contributed by atoms with Crippen molar-refractivity contribution in [3.05, 3.63) is 84.7 Å². The molecule has 0 aromatic heterocycles. The van der Waals surface area contributed by atoms with Crippen LogP contribution in [-0.2, 0) is 9.59 Å². The molecule has 1 atom stereocenters. The predicted molar refractivity (Wildman–Crippen MR) is 134 cm³/mol. The molecule has 4 rings (SSSR count). The van der Waals surface area contributed by atoms with Gasteiger partial charge in [-0.25, -0.2) is 9.18 Å². The number of amides is 4. The Morgan fingerprint density at radius 2 is 1.46 bits per heavy atom. The van der Waals surface area contributed by atoms with Crippen LogP contribution in [0.4, 0.5) is 31.9 Å². The van der Waals surface area contributed by atoms with Crippen molar-refractivity contribution < 1.29 is 18.8 Å². The van der Waals surface area contributed by atoms with E-state index in [-0.39, 0.29) is 5.69 Å². The van der Waals surface area contributed by atoms with E-state index in [2.05, 4.69) is 10.6 Å². The summed E-state index contributed by atoms with van der Waals surface area (Å²) in [7, 11) is 0. The summed E-state index contributed by atoms with van der Waals surface area (Å²) >= 11 is 0. The Labute approximate surface area is 203 Å². The first-order chi connectivity index (χ1) is 16.9. The molecule has 0 aliphatic carbocycles. The summed E-state index contributed by atoms with van der Waals surface area (Å²) in [4.78, 5) is 43.0. The molecule has 1 aliphatic rings. The van der Waals surface area contributed by atoms with Gasteiger partial charge in [-0.05, 0) is 48.7 Å². The van der Waals surface area contributed by atoms with Crippen LogP contribution in [-0.4, -0.2) is 30.4 Å². The minimum Gasteiger partial charge on any atom is -0.318 e. The molecule has 0 saturated carbocycles. The number of nitrogens with one attached hydrogen (secondary N) is 2. The number of fused-ring (bicyclic) bond motifs is 1. The number of benzene rings is 3. The number of anilines is 4. The molecule has 0 saturated heterocycles. The third-order valence-corrected chi connectivity index (χ3v) is 5.72. The maximum Gasteiger partial charge on any atom is 0.320 e. The summed E-state index contributed by atoms with van der Waals surface area (Å²) in [6, 6.07) is 19.1. The van der Waals surface area contributed by atoms with E-state index in [4.69, 9.17) is 0 Å². The number of rotatable bonds is 6. The van der Waals surface area contributed by atoms with Gasteiger partial charge in [0.1, 0.15) is 5.82 Å². The van der Waals surface area contributed by atoms with E-state index < -0.39 is 29.7 Å². The van der Waals surface area contributed by atoms with Crippen LogP contribution in [0, 0.1) is 11.7 Å². The van der Waals surface area contributed by atoms with E-state index >= 15 is 0 Å². The summed E-state index contributed by atoms with van der Waals surface area (Å²) in [6.45, 7) is 4.41. The highest BCUT2D eigenvalue weighted by Crippen LogP contribution is 2.39. The summed E-state index contributed by atoms with van der Waals surface area (Å²) in [5.74, 6) is -1.65. The van der Waals surface area contributed by atoms with Crippen molar-refractivity contribution in [2.75, 3.05) is 21.7 Å². The number of carbonyl (C=O) groups excluding carboxylic acids is 3. The summed E-state index contributed by atoms with van der Waals surface area (Å²) in [5, 5.41) is 5.16. The fraction of sp³-hybridized carbons (Fsp3) is 0.222. The largest absolute Gasteiger partial charge is 0.320 e. The summed E-state index contributed by atoms with van der Waals surface area (Å²) < 4.78 is 14.9. The van der Waals surface area contributed by atoms with Crippen LogP contribution >= 0.6 is 0 Å². The number of urea groups is 1. The van der Waals surface area contributed by atoms with E-state index in [0.29, 0.717) is 35.9 Å². The monoisotopic (exact) mass is 474 g/mol. The average molecular weight is 475 g/mol. The van der Waals surface area contributed by atoms with Crippen LogP contribution in [0.1, 0.15) is 20.3 Å². The minimum absolute atomic E-state index is 0.00118. The molecule has 35 heavy (non-hydrogen) atoms. The van der Waals surface area contributed by atoms with E-state index in [1.807, 2.05) is 13.8 Å². The van der Waals surface area contributed by atoms with Crippen LogP contribution in [0.5, 0.6) is 0 Å². The molecular weight excluding hydrogens is 447 g/mol. The lowest BCUT2D eigenvalue weighted by Gasteiger charge is -2.26. The Balaban J connectivity index is 1.77. The lowest BCUT2D eigenvalue weighted by atomic mass is 10.1. The van der Waals surface area contributed by atoms with Gasteiger partial charge >= 0.3 is 6.03 Å². The number of carbonyl (C=O) groups is 3. The van der Waals surface area contributed by atoms with Crippen LogP contribution in [0.2, 0.25) is 0 Å². The quantitative estimate of drug-likeness (QED) is 0.489. The molecule has 3 aromatic rings. The van der Waals surface area contributed by atoms with Crippen LogP contribution in [0.25, 0.3) is 0 Å². The van der Waals surface area contributed by atoms with Crippen molar-refractivity contribution in [2.45, 2.75) is 26.3 Å². The molecule has 1 heterocycles. The Morgan fingerprint density at radius 3 is 2.11 bits per heavy atom. The van der Waals surface area contributed by atoms with Gasteiger partial charge in [0.25, 0.3) is 11.8 Å². The third kappa shape index (κ3) is 5.16. The molecule has 4 amide bonds. The summed E-state index contributed by atoms with van der Waals surface area (Å²) in [5.41, 5.74) is 1.35. The number of para-hydroxylation sites is 4. The highest BCUT2D eigenvalue weighted by atomic mass is 19.1. The van der Waals surface area contributed by atoms with Gasteiger partial charge in [-0.2, -0.15) is 0 Å². The van der Waals surface area contributed by atoms with Crippen LogP contribution in [0.3, 0.4) is 0 Å². The smallest absolute Gasteiger partial charge is 0.318 e. The molecule has 2 N–H and O–H groups in total. The van der Waals surface area contributed by atoms with Crippen LogP contribution < -0.4 is 20.4 Å². The van der Waals surface area contributed by atoms with E-state index in [0.717, 1.165) is 0 Å². The topological polar surface area (TPSA) is 81.8 Å². The highest BCUT2D eigenvalue weighted by Gasteiger charge is 2.42. The molecule has 1 aliphatic heterocycles. The number of hydrogen-bond acceptors (Lipinski definition) is 3. The normalized spacial score (nSPS) is 15.6. The van der Waals surface area contributed by atoms with Gasteiger partial charge in [-0.15, -0.1) is 0 Å². The average Bonchev–Trinajstić information content (AvgIpc) is 2.92. The van der Waals surface area contributed by atoms with E-state index in [9.17, 15) is 18.8 Å². The van der Waals surface area contributed by atoms with Gasteiger partial charge in [-0.1, -0.05) is 56.3 Å². The zero-order chi connectivity index (χ0) is 24.9. The standard InChI is InChI=1S/C27H27FN4O3/c1-18(2)16-17-31-22-14-8-9-15-23(22)32(21-13-7-6-12-20(21)28)26(34)24(25(31)33)30-27(35)29-19-10-4-3-5-11-19/h3-15,18,24H,16-17H2,1-2H3,(H2,29,30,35). The maximum absolute atomic E-state index is 14.9. The van der Waals surface area contributed by atoms with Gasteiger partial charge in [0, 0.05) is 12.2 Å². The first-order valence-corrected chi connectivity index (χ1v) is 11.5. The number of hydrogen-bond donors (Lipinski definition) is 2. The van der Waals surface area contributed by atoms with Gasteiger partial charge in [0.2, 0.25) is 0 Å². The van der Waals surface area contributed by atoms with Gasteiger partial charge < -0.3 is 15.5 Å². The lowest BCUT2D eigenvalue weighted by Crippen LogP contribution is -2.55. The molecule has 0 fully saturated rings. The zero-order valence-electron chi connectivity index (χ0n) is 19.6. The van der Waals surface area contributed by atoms with E-state index in [1.54, 1.807) is 60.7 Å². The van der Waals surface area contributed by atoms with Crippen molar-refractivity contribution in [1.82, 2.24) is 5.32 Å². The molecule has 7 nitrogen and oxygen atoms in total.